The van der Waals surface area contributed by atoms with Crippen molar-refractivity contribution in [2.45, 2.75) is 25.3 Å². The van der Waals surface area contributed by atoms with E-state index in [9.17, 15) is 0 Å². The van der Waals surface area contributed by atoms with E-state index in [-0.39, 0.29) is 11.5 Å². The van der Waals surface area contributed by atoms with Crippen molar-refractivity contribution in [3.63, 3.8) is 0 Å². The normalized spacial score (nSPS) is 19.5. The standard InChI is InChI=1S/C13H18ClNO2/c1-3-17-12-5-4-10(6-11(12)14)13(9(2)15)7-16-8-13/h4-6,9H,3,7-8,15H2,1-2H3. The maximum absolute atomic E-state index is 6.19. The van der Waals surface area contributed by atoms with Crippen molar-refractivity contribution in [2.24, 2.45) is 5.73 Å². The molecule has 1 heterocycles. The molecule has 2 N–H and O–H groups in total. The van der Waals surface area contributed by atoms with Gasteiger partial charge in [-0.2, -0.15) is 0 Å². The van der Waals surface area contributed by atoms with E-state index in [0.717, 1.165) is 11.3 Å². The zero-order valence-electron chi connectivity index (χ0n) is 10.2. The highest BCUT2D eigenvalue weighted by Gasteiger charge is 2.43. The van der Waals surface area contributed by atoms with E-state index in [1.54, 1.807) is 0 Å². The Kier molecular flexibility index (Phi) is 3.61. The Labute approximate surface area is 107 Å². The van der Waals surface area contributed by atoms with Gasteiger partial charge in [0, 0.05) is 6.04 Å². The smallest absolute Gasteiger partial charge is 0.137 e. The second-order valence-corrected chi connectivity index (χ2v) is 4.92. The number of rotatable bonds is 4. The third kappa shape index (κ3) is 2.15. The summed E-state index contributed by atoms with van der Waals surface area (Å²) in [5.41, 5.74) is 7.10. The monoisotopic (exact) mass is 255 g/mol. The molecule has 1 atom stereocenters. The van der Waals surface area contributed by atoms with Crippen LogP contribution >= 0.6 is 11.6 Å². The highest BCUT2D eigenvalue weighted by atomic mass is 35.5. The molecule has 0 spiro atoms. The van der Waals surface area contributed by atoms with Gasteiger partial charge in [0.05, 0.1) is 30.3 Å². The van der Waals surface area contributed by atoms with Crippen molar-refractivity contribution >= 4 is 11.6 Å². The van der Waals surface area contributed by atoms with Crippen LogP contribution in [-0.2, 0) is 10.2 Å². The van der Waals surface area contributed by atoms with Crippen molar-refractivity contribution in [1.29, 1.82) is 0 Å². The zero-order chi connectivity index (χ0) is 12.5. The summed E-state index contributed by atoms with van der Waals surface area (Å²) >= 11 is 6.19. The Morgan fingerprint density at radius 3 is 2.65 bits per heavy atom. The van der Waals surface area contributed by atoms with Crippen LogP contribution in [-0.4, -0.2) is 25.9 Å². The van der Waals surface area contributed by atoms with Crippen molar-refractivity contribution in [2.75, 3.05) is 19.8 Å². The van der Waals surface area contributed by atoms with Crippen LogP contribution in [0.2, 0.25) is 5.02 Å². The molecule has 1 aromatic rings. The van der Waals surface area contributed by atoms with Gasteiger partial charge in [0.25, 0.3) is 0 Å². The second-order valence-electron chi connectivity index (χ2n) is 4.52. The van der Waals surface area contributed by atoms with Crippen LogP contribution < -0.4 is 10.5 Å². The molecular formula is C13H18ClNO2. The van der Waals surface area contributed by atoms with Gasteiger partial charge in [0.15, 0.2) is 0 Å². The maximum Gasteiger partial charge on any atom is 0.137 e. The molecule has 0 saturated carbocycles. The van der Waals surface area contributed by atoms with Crippen molar-refractivity contribution in [1.82, 2.24) is 0 Å². The Hall–Kier alpha value is -0.770. The third-order valence-electron chi connectivity index (χ3n) is 3.40. The molecule has 1 fully saturated rings. The molecule has 3 nitrogen and oxygen atoms in total. The minimum Gasteiger partial charge on any atom is -0.492 e. The fourth-order valence-electron chi connectivity index (χ4n) is 2.10. The average Bonchev–Trinajstić information content (AvgIpc) is 2.20. The van der Waals surface area contributed by atoms with E-state index in [1.165, 1.54) is 0 Å². The van der Waals surface area contributed by atoms with Gasteiger partial charge in [-0.3, -0.25) is 0 Å². The fraction of sp³-hybridized carbons (Fsp3) is 0.538. The molecule has 1 saturated heterocycles. The van der Waals surface area contributed by atoms with E-state index in [2.05, 4.69) is 0 Å². The van der Waals surface area contributed by atoms with E-state index >= 15 is 0 Å². The molecule has 17 heavy (non-hydrogen) atoms. The van der Waals surface area contributed by atoms with E-state index in [0.29, 0.717) is 24.8 Å². The van der Waals surface area contributed by atoms with Crippen molar-refractivity contribution in [3.8, 4) is 5.75 Å². The zero-order valence-corrected chi connectivity index (χ0v) is 11.0. The summed E-state index contributed by atoms with van der Waals surface area (Å²) in [7, 11) is 0. The lowest BCUT2D eigenvalue weighted by atomic mass is 9.73. The molecule has 94 valence electrons. The van der Waals surface area contributed by atoms with Crippen LogP contribution in [0.5, 0.6) is 5.75 Å². The molecular weight excluding hydrogens is 238 g/mol. The SMILES string of the molecule is CCOc1ccc(C2(C(C)N)COC2)cc1Cl. The van der Waals surface area contributed by atoms with Crippen LogP contribution in [0.4, 0.5) is 0 Å². The lowest BCUT2D eigenvalue weighted by Gasteiger charge is -2.45. The molecule has 2 rings (SSSR count). The summed E-state index contributed by atoms with van der Waals surface area (Å²) in [5.74, 6) is 0.720. The van der Waals surface area contributed by atoms with Crippen molar-refractivity contribution in [3.05, 3.63) is 28.8 Å². The first-order chi connectivity index (χ1) is 8.10. The lowest BCUT2D eigenvalue weighted by molar-refractivity contribution is -0.0701. The minimum atomic E-state index is -0.0889. The molecule has 1 unspecified atom stereocenters. The summed E-state index contributed by atoms with van der Waals surface area (Å²) < 4.78 is 10.7. The van der Waals surface area contributed by atoms with Gasteiger partial charge in [-0.05, 0) is 31.5 Å². The van der Waals surface area contributed by atoms with Gasteiger partial charge in [0.1, 0.15) is 5.75 Å². The number of halogens is 1. The Bertz CT molecular complexity index is 402. The van der Waals surface area contributed by atoms with Crippen LogP contribution in [0.1, 0.15) is 19.4 Å². The number of ether oxygens (including phenoxy) is 2. The van der Waals surface area contributed by atoms with Crippen LogP contribution in [0.15, 0.2) is 18.2 Å². The number of benzene rings is 1. The maximum atomic E-state index is 6.19. The number of nitrogens with two attached hydrogens (primary N) is 1. The van der Waals surface area contributed by atoms with Gasteiger partial charge in [-0.1, -0.05) is 17.7 Å². The first kappa shape index (κ1) is 12.7. The Morgan fingerprint density at radius 2 is 2.24 bits per heavy atom. The highest BCUT2D eigenvalue weighted by Crippen LogP contribution is 2.38. The third-order valence-corrected chi connectivity index (χ3v) is 3.69. The summed E-state index contributed by atoms with van der Waals surface area (Å²) in [5, 5.41) is 0.635. The summed E-state index contributed by atoms with van der Waals surface area (Å²) in [6, 6.07) is 5.93. The Morgan fingerprint density at radius 1 is 1.53 bits per heavy atom. The average molecular weight is 256 g/mol. The van der Waals surface area contributed by atoms with Crippen LogP contribution in [0, 0.1) is 0 Å². The number of hydrogen-bond acceptors (Lipinski definition) is 3. The van der Waals surface area contributed by atoms with Crippen LogP contribution in [0.25, 0.3) is 0 Å². The molecule has 0 aromatic heterocycles. The molecule has 0 radical (unpaired) electrons. The number of hydrogen-bond donors (Lipinski definition) is 1. The molecule has 4 heteroatoms. The highest BCUT2D eigenvalue weighted by molar-refractivity contribution is 6.32. The second kappa shape index (κ2) is 4.84. The first-order valence-electron chi connectivity index (χ1n) is 5.86. The van der Waals surface area contributed by atoms with E-state index in [1.807, 2.05) is 32.0 Å². The largest absolute Gasteiger partial charge is 0.492 e. The van der Waals surface area contributed by atoms with Gasteiger partial charge >= 0.3 is 0 Å². The topological polar surface area (TPSA) is 44.5 Å². The van der Waals surface area contributed by atoms with Gasteiger partial charge < -0.3 is 15.2 Å². The van der Waals surface area contributed by atoms with Crippen molar-refractivity contribution < 1.29 is 9.47 Å². The van der Waals surface area contributed by atoms with Gasteiger partial charge in [-0.25, -0.2) is 0 Å². The fourth-order valence-corrected chi connectivity index (χ4v) is 2.33. The quantitative estimate of drug-likeness (QED) is 0.898. The Balaban J connectivity index is 2.30. The molecule has 1 aliphatic rings. The predicted octanol–water partition coefficient (Wildman–Crippen LogP) is 2.35. The van der Waals surface area contributed by atoms with Gasteiger partial charge in [0.2, 0.25) is 0 Å². The van der Waals surface area contributed by atoms with Gasteiger partial charge in [-0.15, -0.1) is 0 Å². The molecule has 0 amide bonds. The molecule has 1 aliphatic heterocycles. The predicted molar refractivity (Wildman–Crippen MR) is 68.8 cm³/mol. The summed E-state index contributed by atoms with van der Waals surface area (Å²) in [4.78, 5) is 0. The summed E-state index contributed by atoms with van der Waals surface area (Å²) in [6.45, 7) is 5.88. The minimum absolute atomic E-state index is 0.0465. The molecule has 0 bridgehead atoms. The summed E-state index contributed by atoms with van der Waals surface area (Å²) in [6.07, 6.45) is 0. The molecule has 1 aromatic carbocycles. The van der Waals surface area contributed by atoms with E-state index in [4.69, 9.17) is 26.8 Å². The first-order valence-corrected chi connectivity index (χ1v) is 6.24. The lowest BCUT2D eigenvalue weighted by Crippen LogP contribution is -2.57. The van der Waals surface area contributed by atoms with E-state index < -0.39 is 0 Å². The van der Waals surface area contributed by atoms with Crippen LogP contribution in [0.3, 0.4) is 0 Å². The molecule has 0 aliphatic carbocycles.